The molecule has 2 atom stereocenters. The van der Waals surface area contributed by atoms with Gasteiger partial charge in [0.15, 0.2) is 0 Å². The highest BCUT2D eigenvalue weighted by molar-refractivity contribution is 5.95. The number of ether oxygens (including phenoxy) is 1. The van der Waals surface area contributed by atoms with Gasteiger partial charge in [0.05, 0.1) is 24.6 Å². The third-order valence-electron chi connectivity index (χ3n) is 7.94. The maximum Gasteiger partial charge on any atom is 0.254 e. The van der Waals surface area contributed by atoms with Crippen molar-refractivity contribution in [3.8, 4) is 17.0 Å². The highest BCUT2D eigenvalue weighted by atomic mass is 19.1. The van der Waals surface area contributed by atoms with E-state index in [0.717, 1.165) is 42.9 Å². The zero-order valence-corrected chi connectivity index (χ0v) is 23.4. The molecular formula is C30H43FN4O4. The predicted molar refractivity (Wildman–Crippen MR) is 150 cm³/mol. The third-order valence-corrected chi connectivity index (χ3v) is 7.94. The van der Waals surface area contributed by atoms with Crippen LogP contribution in [0.4, 0.5) is 4.39 Å². The molecule has 0 radical (unpaired) electrons. The summed E-state index contributed by atoms with van der Waals surface area (Å²) in [5.74, 6) is 1.17. The maximum absolute atomic E-state index is 14.7. The maximum atomic E-state index is 14.7. The van der Waals surface area contributed by atoms with Crippen LogP contribution in [-0.4, -0.2) is 82.8 Å². The van der Waals surface area contributed by atoms with Crippen molar-refractivity contribution in [3.63, 3.8) is 0 Å². The number of alkyl halides is 1. The number of benzene rings is 1. The average Bonchev–Trinajstić information content (AvgIpc) is 3.30. The van der Waals surface area contributed by atoms with E-state index >= 15 is 0 Å². The first-order valence-corrected chi connectivity index (χ1v) is 14.0. The van der Waals surface area contributed by atoms with Crippen molar-refractivity contribution in [1.82, 2.24) is 14.8 Å². The van der Waals surface area contributed by atoms with Gasteiger partial charge >= 0.3 is 0 Å². The Hall–Kier alpha value is -3.04. The van der Waals surface area contributed by atoms with Crippen molar-refractivity contribution >= 4 is 12.3 Å². The molecular weight excluding hydrogens is 499 g/mol. The Morgan fingerprint density at radius 2 is 1.82 bits per heavy atom. The molecule has 0 spiro atoms. The summed E-state index contributed by atoms with van der Waals surface area (Å²) >= 11 is 0. The zero-order valence-electron chi connectivity index (χ0n) is 23.4. The van der Waals surface area contributed by atoms with E-state index < -0.39 is 11.8 Å². The standard InChI is InChI=1S/C29H40FN3O3.CH3NO/c1-4-29(30,5-2)20-32-14-12-22(13-15-32)19-36-26-10-11-27(31-17-26)23-6-8-24(9-7-23)28(35)33-18-25(34)16-21(33)3;2-1-3/h6-11,17,21-22,25,34H,4-5,12-16,18-20H2,1-3H3;1H,(H2,2,3). The number of hydrogen-bond acceptors (Lipinski definition) is 6. The summed E-state index contributed by atoms with van der Waals surface area (Å²) in [7, 11) is 0. The summed E-state index contributed by atoms with van der Waals surface area (Å²) in [4.78, 5) is 29.9. The molecule has 0 bridgehead atoms. The largest absolute Gasteiger partial charge is 0.492 e. The molecule has 1 aromatic heterocycles. The first-order chi connectivity index (χ1) is 18.7. The fourth-order valence-electron chi connectivity index (χ4n) is 5.27. The van der Waals surface area contributed by atoms with Crippen LogP contribution >= 0.6 is 0 Å². The summed E-state index contributed by atoms with van der Waals surface area (Å²) in [6.07, 6.45) is 5.37. The average molecular weight is 543 g/mol. The molecule has 2 aromatic rings. The number of nitrogens with two attached hydrogens (primary N) is 1. The Balaban J connectivity index is 0.00000134. The molecule has 3 heterocycles. The number of primary amides is 1. The van der Waals surface area contributed by atoms with Crippen LogP contribution in [0.3, 0.4) is 0 Å². The van der Waals surface area contributed by atoms with Crippen molar-refractivity contribution in [2.75, 3.05) is 32.8 Å². The Morgan fingerprint density at radius 3 is 2.33 bits per heavy atom. The van der Waals surface area contributed by atoms with Gasteiger partial charge in [-0.1, -0.05) is 26.0 Å². The summed E-state index contributed by atoms with van der Waals surface area (Å²) in [6, 6.07) is 11.4. The molecule has 2 saturated heterocycles. The molecule has 2 unspecified atom stereocenters. The van der Waals surface area contributed by atoms with Crippen molar-refractivity contribution < 1.29 is 23.8 Å². The van der Waals surface area contributed by atoms with Gasteiger partial charge < -0.3 is 25.4 Å². The lowest BCUT2D eigenvalue weighted by atomic mass is 9.94. The highest BCUT2D eigenvalue weighted by Crippen LogP contribution is 2.27. The van der Waals surface area contributed by atoms with Crippen LogP contribution in [0.15, 0.2) is 42.6 Å². The zero-order chi connectivity index (χ0) is 28.4. The van der Waals surface area contributed by atoms with Crippen LogP contribution in [-0.2, 0) is 4.79 Å². The molecule has 2 aliphatic rings. The Morgan fingerprint density at radius 1 is 1.18 bits per heavy atom. The number of aliphatic hydroxyl groups is 1. The van der Waals surface area contributed by atoms with Crippen LogP contribution in [0.5, 0.6) is 5.75 Å². The minimum Gasteiger partial charge on any atom is -0.492 e. The van der Waals surface area contributed by atoms with Crippen LogP contribution in [0, 0.1) is 5.92 Å². The summed E-state index contributed by atoms with van der Waals surface area (Å²) < 4.78 is 20.7. The second-order valence-electron chi connectivity index (χ2n) is 10.7. The number of hydrogen-bond donors (Lipinski definition) is 2. The SMILES string of the molecule is CCC(F)(CC)CN1CCC(COc2ccc(-c3ccc(C(=O)N4CC(O)CC4C)cc3)nc2)CC1.NC=O. The molecule has 1 aromatic carbocycles. The smallest absolute Gasteiger partial charge is 0.254 e. The molecule has 3 N–H and O–H groups in total. The number of pyridine rings is 1. The molecule has 39 heavy (non-hydrogen) atoms. The number of halogens is 1. The quantitative estimate of drug-likeness (QED) is 0.463. The Kier molecular flexibility index (Phi) is 11.2. The predicted octanol–water partition coefficient (Wildman–Crippen LogP) is 4.06. The number of amides is 2. The Bertz CT molecular complexity index is 1040. The van der Waals surface area contributed by atoms with Gasteiger partial charge in [-0.3, -0.25) is 14.6 Å². The summed E-state index contributed by atoms with van der Waals surface area (Å²) in [5.41, 5.74) is 5.47. The normalized spacial score (nSPS) is 20.3. The van der Waals surface area contributed by atoms with Crippen molar-refractivity contribution in [1.29, 1.82) is 0 Å². The summed E-state index contributed by atoms with van der Waals surface area (Å²) in [6.45, 7) is 9.25. The van der Waals surface area contributed by atoms with Gasteiger partial charge in [0.1, 0.15) is 11.4 Å². The molecule has 2 fully saturated rings. The Labute approximate surface area is 231 Å². The monoisotopic (exact) mass is 542 g/mol. The fourth-order valence-corrected chi connectivity index (χ4v) is 5.27. The van der Waals surface area contributed by atoms with Gasteiger partial charge in [-0.2, -0.15) is 0 Å². The third kappa shape index (κ3) is 8.47. The van der Waals surface area contributed by atoms with Gasteiger partial charge in [0.2, 0.25) is 6.41 Å². The van der Waals surface area contributed by atoms with Gasteiger partial charge in [-0.05, 0) is 82.3 Å². The molecule has 0 aliphatic carbocycles. The van der Waals surface area contributed by atoms with E-state index in [1.165, 1.54) is 0 Å². The number of carbonyl (C=O) groups is 2. The van der Waals surface area contributed by atoms with E-state index in [2.05, 4.69) is 15.6 Å². The molecule has 214 valence electrons. The van der Waals surface area contributed by atoms with Gasteiger partial charge in [0.25, 0.3) is 5.91 Å². The second-order valence-corrected chi connectivity index (χ2v) is 10.7. The molecule has 8 nitrogen and oxygen atoms in total. The summed E-state index contributed by atoms with van der Waals surface area (Å²) in [5, 5.41) is 9.83. The number of likely N-dealkylation sites (tertiary alicyclic amines) is 2. The molecule has 0 saturated carbocycles. The lowest BCUT2D eigenvalue weighted by Gasteiger charge is -2.36. The number of rotatable bonds is 9. The van der Waals surface area contributed by atoms with Gasteiger partial charge in [0, 0.05) is 30.3 Å². The van der Waals surface area contributed by atoms with E-state index in [0.29, 0.717) is 50.4 Å². The van der Waals surface area contributed by atoms with Crippen LogP contribution in [0.25, 0.3) is 11.3 Å². The number of piperidine rings is 1. The van der Waals surface area contributed by atoms with Crippen molar-refractivity contribution in [3.05, 3.63) is 48.2 Å². The van der Waals surface area contributed by atoms with Crippen molar-refractivity contribution in [2.45, 2.75) is 70.7 Å². The number of aromatic nitrogens is 1. The van der Waals surface area contributed by atoms with Crippen LogP contribution < -0.4 is 10.5 Å². The van der Waals surface area contributed by atoms with E-state index in [1.807, 2.05) is 57.2 Å². The molecule has 4 rings (SSSR count). The molecule has 2 aliphatic heterocycles. The first kappa shape index (κ1) is 30.5. The number of nitrogens with zero attached hydrogens (tertiary/aromatic N) is 3. The minimum atomic E-state index is -1.07. The van der Waals surface area contributed by atoms with Crippen LogP contribution in [0.2, 0.25) is 0 Å². The number of aliphatic hydroxyl groups excluding tert-OH is 1. The number of β-amino-alcohol motifs (C(OH)–C–C–N with tert-alkyl or cyclic N) is 1. The van der Waals surface area contributed by atoms with E-state index in [-0.39, 0.29) is 18.4 Å². The molecule has 2 amide bonds. The lowest BCUT2D eigenvalue weighted by Crippen LogP contribution is -2.44. The molecule has 9 heteroatoms. The number of carbonyl (C=O) groups excluding carboxylic acids is 2. The lowest BCUT2D eigenvalue weighted by molar-refractivity contribution is -0.106. The van der Waals surface area contributed by atoms with E-state index in [9.17, 15) is 14.3 Å². The van der Waals surface area contributed by atoms with Gasteiger partial charge in [-0.15, -0.1) is 0 Å². The fraction of sp³-hybridized carbons (Fsp3) is 0.567. The topological polar surface area (TPSA) is 109 Å². The highest BCUT2D eigenvalue weighted by Gasteiger charge is 2.32. The second kappa shape index (κ2) is 14.4. The van der Waals surface area contributed by atoms with Crippen molar-refractivity contribution in [2.24, 2.45) is 11.7 Å². The van der Waals surface area contributed by atoms with Crippen LogP contribution in [0.1, 0.15) is 63.2 Å². The van der Waals surface area contributed by atoms with E-state index in [1.54, 1.807) is 11.1 Å². The van der Waals surface area contributed by atoms with Gasteiger partial charge in [-0.25, -0.2) is 4.39 Å². The minimum absolute atomic E-state index is 0.0469. The first-order valence-electron chi connectivity index (χ1n) is 14.0. The van der Waals surface area contributed by atoms with E-state index in [4.69, 9.17) is 9.53 Å².